The van der Waals surface area contributed by atoms with E-state index >= 15 is 0 Å². The van der Waals surface area contributed by atoms with Gasteiger partial charge in [0.25, 0.3) is 0 Å². The molecular formula is C11H19N3O4. The number of hydrogen-bond donors (Lipinski definition) is 3. The molecule has 2 atom stereocenters. The van der Waals surface area contributed by atoms with E-state index in [1.54, 1.807) is 13.8 Å². The van der Waals surface area contributed by atoms with E-state index in [-0.39, 0.29) is 11.8 Å². The van der Waals surface area contributed by atoms with Crippen molar-refractivity contribution in [1.29, 1.82) is 0 Å². The van der Waals surface area contributed by atoms with Crippen LogP contribution in [0.5, 0.6) is 0 Å². The van der Waals surface area contributed by atoms with E-state index in [2.05, 4.69) is 5.32 Å². The summed E-state index contributed by atoms with van der Waals surface area (Å²) in [5.41, 5.74) is 5.02. The van der Waals surface area contributed by atoms with Gasteiger partial charge in [-0.3, -0.25) is 4.79 Å². The van der Waals surface area contributed by atoms with E-state index in [0.29, 0.717) is 19.4 Å². The smallest absolute Gasteiger partial charge is 0.326 e. The Hall–Kier alpha value is -1.79. The third kappa shape index (κ3) is 3.12. The molecule has 1 aliphatic rings. The fraction of sp³-hybridized carbons (Fsp3) is 0.727. The summed E-state index contributed by atoms with van der Waals surface area (Å²) >= 11 is 0. The highest BCUT2D eigenvalue weighted by atomic mass is 16.4. The molecule has 7 nitrogen and oxygen atoms in total. The van der Waals surface area contributed by atoms with Gasteiger partial charge < -0.3 is 21.1 Å². The summed E-state index contributed by atoms with van der Waals surface area (Å²) < 4.78 is 0. The van der Waals surface area contributed by atoms with Crippen LogP contribution in [0.1, 0.15) is 26.7 Å². The summed E-state index contributed by atoms with van der Waals surface area (Å²) in [6, 6.07) is -2.36. The van der Waals surface area contributed by atoms with Crippen molar-refractivity contribution in [1.82, 2.24) is 10.2 Å². The Morgan fingerprint density at radius 2 is 2.00 bits per heavy atom. The monoisotopic (exact) mass is 257 g/mol. The molecule has 1 saturated heterocycles. The number of carboxylic acid groups (broad SMARTS) is 1. The average Bonchev–Trinajstić information content (AvgIpc) is 2.73. The number of hydrogen-bond acceptors (Lipinski definition) is 3. The Labute approximate surface area is 105 Å². The Kier molecular flexibility index (Phi) is 4.52. The zero-order chi connectivity index (χ0) is 13.9. The number of rotatable bonds is 4. The minimum absolute atomic E-state index is 0.153. The van der Waals surface area contributed by atoms with Gasteiger partial charge in [-0.05, 0) is 18.8 Å². The first-order chi connectivity index (χ1) is 8.34. The van der Waals surface area contributed by atoms with E-state index in [9.17, 15) is 14.4 Å². The van der Waals surface area contributed by atoms with Crippen LogP contribution in [0.25, 0.3) is 0 Å². The Morgan fingerprint density at radius 3 is 2.44 bits per heavy atom. The molecule has 3 amide bonds. The van der Waals surface area contributed by atoms with Crippen molar-refractivity contribution >= 4 is 17.9 Å². The molecule has 0 spiro atoms. The van der Waals surface area contributed by atoms with Gasteiger partial charge in [-0.15, -0.1) is 0 Å². The highest BCUT2D eigenvalue weighted by Gasteiger charge is 2.38. The van der Waals surface area contributed by atoms with Crippen LogP contribution in [-0.4, -0.2) is 46.5 Å². The first kappa shape index (κ1) is 14.3. The summed E-state index contributed by atoms with van der Waals surface area (Å²) in [4.78, 5) is 35.4. The lowest BCUT2D eigenvalue weighted by Gasteiger charge is -2.28. The number of carbonyl (C=O) groups excluding carboxylic acids is 2. The van der Waals surface area contributed by atoms with Gasteiger partial charge >= 0.3 is 12.0 Å². The van der Waals surface area contributed by atoms with Gasteiger partial charge in [0.05, 0.1) is 0 Å². The number of nitrogens with two attached hydrogens (primary N) is 1. The van der Waals surface area contributed by atoms with Crippen LogP contribution in [0.4, 0.5) is 4.79 Å². The van der Waals surface area contributed by atoms with Crippen LogP contribution >= 0.6 is 0 Å². The Bertz CT molecular complexity index is 352. The number of aliphatic carboxylic acids is 1. The summed E-state index contributed by atoms with van der Waals surface area (Å²) in [5, 5.41) is 11.4. The maximum absolute atomic E-state index is 12.2. The molecule has 0 saturated carbocycles. The van der Waals surface area contributed by atoms with E-state index in [1.807, 2.05) is 0 Å². The molecule has 7 heteroatoms. The van der Waals surface area contributed by atoms with Crippen molar-refractivity contribution in [3.63, 3.8) is 0 Å². The molecule has 1 rings (SSSR count). The summed E-state index contributed by atoms with van der Waals surface area (Å²) in [6.45, 7) is 3.94. The fourth-order valence-electron chi connectivity index (χ4n) is 2.13. The minimum atomic E-state index is -1.01. The molecule has 0 aromatic carbocycles. The second-order valence-electron chi connectivity index (χ2n) is 4.76. The SMILES string of the molecule is CC(C)C(NC(N)=O)C(=O)N1CCC[C@@H]1C(=O)O. The molecule has 0 radical (unpaired) electrons. The number of nitrogens with one attached hydrogen (secondary N) is 1. The zero-order valence-electron chi connectivity index (χ0n) is 10.5. The second kappa shape index (κ2) is 5.70. The normalized spacial score (nSPS) is 20.8. The summed E-state index contributed by atoms with van der Waals surface area (Å²) in [6.07, 6.45) is 1.10. The molecule has 0 bridgehead atoms. The molecule has 1 heterocycles. The van der Waals surface area contributed by atoms with E-state index < -0.39 is 24.1 Å². The minimum Gasteiger partial charge on any atom is -0.480 e. The highest BCUT2D eigenvalue weighted by molar-refractivity contribution is 5.90. The van der Waals surface area contributed by atoms with Gasteiger partial charge in [0, 0.05) is 6.54 Å². The van der Waals surface area contributed by atoms with Crippen LogP contribution in [0.15, 0.2) is 0 Å². The maximum atomic E-state index is 12.2. The summed E-state index contributed by atoms with van der Waals surface area (Å²) in [5.74, 6) is -1.55. The van der Waals surface area contributed by atoms with Crippen LogP contribution in [0, 0.1) is 5.92 Å². The van der Waals surface area contributed by atoms with E-state index in [0.717, 1.165) is 0 Å². The number of nitrogens with zero attached hydrogens (tertiary/aromatic N) is 1. The predicted molar refractivity (Wildman–Crippen MR) is 63.7 cm³/mol. The molecule has 1 aliphatic heterocycles. The molecule has 1 unspecified atom stereocenters. The topological polar surface area (TPSA) is 113 Å². The fourth-order valence-corrected chi connectivity index (χ4v) is 2.13. The Morgan fingerprint density at radius 1 is 1.39 bits per heavy atom. The van der Waals surface area contributed by atoms with Crippen molar-refractivity contribution in [3.05, 3.63) is 0 Å². The molecular weight excluding hydrogens is 238 g/mol. The zero-order valence-corrected chi connectivity index (χ0v) is 10.5. The van der Waals surface area contributed by atoms with Crippen molar-refractivity contribution in [2.24, 2.45) is 11.7 Å². The van der Waals surface area contributed by atoms with Crippen LogP contribution < -0.4 is 11.1 Å². The van der Waals surface area contributed by atoms with Gasteiger partial charge in [0.1, 0.15) is 12.1 Å². The van der Waals surface area contributed by atoms with Gasteiger partial charge in [-0.1, -0.05) is 13.8 Å². The predicted octanol–water partition coefficient (Wildman–Crippen LogP) is -0.245. The quantitative estimate of drug-likeness (QED) is 0.644. The molecule has 0 aliphatic carbocycles. The second-order valence-corrected chi connectivity index (χ2v) is 4.76. The number of carboxylic acids is 1. The summed E-state index contributed by atoms with van der Waals surface area (Å²) in [7, 11) is 0. The van der Waals surface area contributed by atoms with E-state index in [1.165, 1.54) is 4.90 Å². The number of carbonyl (C=O) groups is 3. The van der Waals surface area contributed by atoms with Crippen LogP contribution in [-0.2, 0) is 9.59 Å². The number of amides is 3. The van der Waals surface area contributed by atoms with Crippen LogP contribution in [0.2, 0.25) is 0 Å². The van der Waals surface area contributed by atoms with Crippen LogP contribution in [0.3, 0.4) is 0 Å². The van der Waals surface area contributed by atoms with Crippen molar-refractivity contribution < 1.29 is 19.5 Å². The molecule has 102 valence electrons. The first-order valence-corrected chi connectivity index (χ1v) is 5.93. The molecule has 0 aromatic heterocycles. The average molecular weight is 257 g/mol. The van der Waals surface area contributed by atoms with Crippen molar-refractivity contribution in [2.45, 2.75) is 38.8 Å². The van der Waals surface area contributed by atoms with Gasteiger partial charge in [0.15, 0.2) is 0 Å². The van der Waals surface area contributed by atoms with Gasteiger partial charge in [-0.25, -0.2) is 9.59 Å². The van der Waals surface area contributed by atoms with Gasteiger partial charge in [-0.2, -0.15) is 0 Å². The standard InChI is InChI=1S/C11H19N3O4/c1-6(2)8(13-11(12)18)9(15)14-5-3-4-7(14)10(16)17/h6-8H,3-5H2,1-2H3,(H,16,17)(H3,12,13,18)/t7-,8?/m1/s1. The Balaban J connectivity index is 2.82. The number of urea groups is 1. The lowest BCUT2D eigenvalue weighted by Crippen LogP contribution is -2.54. The lowest BCUT2D eigenvalue weighted by molar-refractivity contribution is -0.149. The number of primary amides is 1. The highest BCUT2D eigenvalue weighted by Crippen LogP contribution is 2.20. The van der Waals surface area contributed by atoms with Crippen molar-refractivity contribution in [2.75, 3.05) is 6.54 Å². The third-order valence-corrected chi connectivity index (χ3v) is 3.05. The van der Waals surface area contributed by atoms with Crippen molar-refractivity contribution in [3.8, 4) is 0 Å². The maximum Gasteiger partial charge on any atom is 0.326 e. The van der Waals surface area contributed by atoms with E-state index in [4.69, 9.17) is 10.8 Å². The largest absolute Gasteiger partial charge is 0.480 e. The molecule has 1 fully saturated rings. The first-order valence-electron chi connectivity index (χ1n) is 5.93. The third-order valence-electron chi connectivity index (χ3n) is 3.05. The lowest BCUT2D eigenvalue weighted by atomic mass is 10.0. The number of likely N-dealkylation sites (tertiary alicyclic amines) is 1. The molecule has 18 heavy (non-hydrogen) atoms. The molecule has 4 N–H and O–H groups in total. The molecule has 0 aromatic rings. The van der Waals surface area contributed by atoms with Gasteiger partial charge in [0.2, 0.25) is 5.91 Å².